The molecule has 0 bridgehead atoms. The molecular formula is C12H15ClFNO2. The number of rotatable bonds is 4. The van der Waals surface area contributed by atoms with Crippen molar-refractivity contribution in [3.63, 3.8) is 0 Å². The van der Waals surface area contributed by atoms with Crippen LogP contribution in [0.4, 0.5) is 4.39 Å². The second-order valence-electron chi connectivity index (χ2n) is 3.72. The predicted octanol–water partition coefficient (Wildman–Crippen LogP) is 2.22. The molecule has 1 rings (SSSR count). The highest BCUT2D eigenvalue weighted by molar-refractivity contribution is 6.31. The van der Waals surface area contributed by atoms with Gasteiger partial charge < -0.3 is 10.5 Å². The molecule has 0 aliphatic rings. The van der Waals surface area contributed by atoms with Crippen LogP contribution in [0.25, 0.3) is 0 Å². The normalized spacial score (nSPS) is 12.3. The summed E-state index contributed by atoms with van der Waals surface area (Å²) < 4.78 is 18.5. The Morgan fingerprint density at radius 3 is 2.82 bits per heavy atom. The number of aryl methyl sites for hydroxylation is 1. The monoisotopic (exact) mass is 259 g/mol. The first kappa shape index (κ1) is 13.9. The van der Waals surface area contributed by atoms with Crippen molar-refractivity contribution in [2.75, 3.05) is 6.61 Å². The smallest absolute Gasteiger partial charge is 0.323 e. The van der Waals surface area contributed by atoms with Crippen molar-refractivity contribution < 1.29 is 13.9 Å². The van der Waals surface area contributed by atoms with Crippen molar-refractivity contribution in [2.24, 2.45) is 5.73 Å². The molecule has 0 radical (unpaired) electrons. The van der Waals surface area contributed by atoms with Gasteiger partial charge in [0.2, 0.25) is 0 Å². The molecule has 1 atom stereocenters. The fourth-order valence-corrected chi connectivity index (χ4v) is 1.68. The van der Waals surface area contributed by atoms with Gasteiger partial charge in [0.25, 0.3) is 0 Å². The Morgan fingerprint density at radius 2 is 2.24 bits per heavy atom. The fourth-order valence-electron chi connectivity index (χ4n) is 1.45. The minimum Gasteiger partial charge on any atom is -0.465 e. The summed E-state index contributed by atoms with van der Waals surface area (Å²) in [6, 6.07) is 2.27. The van der Waals surface area contributed by atoms with Gasteiger partial charge in [-0.15, -0.1) is 0 Å². The molecular weight excluding hydrogens is 245 g/mol. The second kappa shape index (κ2) is 5.98. The molecule has 5 heteroatoms. The van der Waals surface area contributed by atoms with Crippen LogP contribution in [0.15, 0.2) is 12.1 Å². The summed E-state index contributed by atoms with van der Waals surface area (Å²) in [5.74, 6) is -0.971. The van der Waals surface area contributed by atoms with Crippen LogP contribution in [0.1, 0.15) is 18.1 Å². The van der Waals surface area contributed by atoms with E-state index in [9.17, 15) is 9.18 Å². The molecule has 1 unspecified atom stereocenters. The van der Waals surface area contributed by atoms with E-state index in [-0.39, 0.29) is 23.6 Å². The third-order valence-corrected chi connectivity index (χ3v) is 2.75. The lowest BCUT2D eigenvalue weighted by molar-refractivity contribution is -0.144. The van der Waals surface area contributed by atoms with Crippen LogP contribution in [0.5, 0.6) is 0 Å². The molecule has 0 fully saturated rings. The maximum absolute atomic E-state index is 13.8. The third-order valence-electron chi connectivity index (χ3n) is 2.39. The molecule has 17 heavy (non-hydrogen) atoms. The van der Waals surface area contributed by atoms with E-state index in [1.165, 1.54) is 0 Å². The summed E-state index contributed by atoms with van der Waals surface area (Å²) in [7, 11) is 0. The van der Waals surface area contributed by atoms with E-state index < -0.39 is 17.8 Å². The van der Waals surface area contributed by atoms with E-state index >= 15 is 0 Å². The fraction of sp³-hybridized carbons (Fsp3) is 0.417. The van der Waals surface area contributed by atoms with Gasteiger partial charge in [-0.1, -0.05) is 17.7 Å². The average Bonchev–Trinajstić information content (AvgIpc) is 2.29. The lowest BCUT2D eigenvalue weighted by atomic mass is 10.0. The van der Waals surface area contributed by atoms with Crippen LogP contribution in [0.2, 0.25) is 5.02 Å². The summed E-state index contributed by atoms with van der Waals surface area (Å²) in [6.45, 7) is 3.56. The highest BCUT2D eigenvalue weighted by Gasteiger charge is 2.19. The summed E-state index contributed by atoms with van der Waals surface area (Å²) in [4.78, 5) is 11.3. The molecule has 94 valence electrons. The lowest BCUT2D eigenvalue weighted by Gasteiger charge is -2.13. The summed E-state index contributed by atoms with van der Waals surface area (Å²) >= 11 is 5.88. The highest BCUT2D eigenvalue weighted by Crippen LogP contribution is 2.23. The van der Waals surface area contributed by atoms with Gasteiger partial charge in [0.05, 0.1) is 6.61 Å². The minimum absolute atomic E-state index is 0.0329. The molecule has 0 amide bonds. The summed E-state index contributed by atoms with van der Waals surface area (Å²) in [5, 5.41) is 0.271. The topological polar surface area (TPSA) is 52.3 Å². The maximum Gasteiger partial charge on any atom is 0.323 e. The van der Waals surface area contributed by atoms with Crippen LogP contribution in [-0.2, 0) is 16.0 Å². The number of benzene rings is 1. The van der Waals surface area contributed by atoms with Crippen molar-refractivity contribution in [1.82, 2.24) is 0 Å². The van der Waals surface area contributed by atoms with E-state index in [1.54, 1.807) is 26.0 Å². The van der Waals surface area contributed by atoms with Gasteiger partial charge in [0.1, 0.15) is 11.9 Å². The van der Waals surface area contributed by atoms with Crippen LogP contribution in [0.3, 0.4) is 0 Å². The van der Waals surface area contributed by atoms with E-state index in [4.69, 9.17) is 22.1 Å². The largest absolute Gasteiger partial charge is 0.465 e. The molecule has 0 saturated heterocycles. The van der Waals surface area contributed by atoms with Crippen LogP contribution < -0.4 is 5.73 Å². The number of hydrogen-bond acceptors (Lipinski definition) is 3. The zero-order chi connectivity index (χ0) is 13.0. The molecule has 0 aliphatic heterocycles. The van der Waals surface area contributed by atoms with Crippen LogP contribution >= 0.6 is 11.6 Å². The Labute approximate surface area is 105 Å². The minimum atomic E-state index is -0.899. The van der Waals surface area contributed by atoms with E-state index in [1.807, 2.05) is 0 Å². The number of hydrogen-bond donors (Lipinski definition) is 1. The molecule has 3 nitrogen and oxygen atoms in total. The maximum atomic E-state index is 13.8. The Hall–Kier alpha value is -1.13. The number of carbonyl (C=O) groups is 1. The third kappa shape index (κ3) is 3.41. The first-order valence-corrected chi connectivity index (χ1v) is 5.70. The van der Waals surface area contributed by atoms with E-state index in [0.29, 0.717) is 5.56 Å². The number of carbonyl (C=O) groups excluding carboxylic acids is 1. The molecule has 0 aromatic heterocycles. The molecule has 0 aliphatic carbocycles. The van der Waals surface area contributed by atoms with E-state index in [0.717, 1.165) is 0 Å². The lowest BCUT2D eigenvalue weighted by Crippen LogP contribution is -2.34. The van der Waals surface area contributed by atoms with Crippen LogP contribution in [0, 0.1) is 12.7 Å². The van der Waals surface area contributed by atoms with Crippen molar-refractivity contribution in [3.05, 3.63) is 34.1 Å². The Balaban J connectivity index is 2.88. The number of halogens is 2. The van der Waals surface area contributed by atoms with Gasteiger partial charge in [-0.25, -0.2) is 4.39 Å². The molecule has 2 N–H and O–H groups in total. The quantitative estimate of drug-likeness (QED) is 0.844. The molecule has 1 aromatic rings. The molecule has 0 heterocycles. The zero-order valence-electron chi connectivity index (χ0n) is 9.80. The molecule has 1 aromatic carbocycles. The summed E-state index contributed by atoms with van der Waals surface area (Å²) in [5.41, 5.74) is 6.35. The number of esters is 1. The summed E-state index contributed by atoms with van der Waals surface area (Å²) in [6.07, 6.45) is 0.0329. The second-order valence-corrected chi connectivity index (χ2v) is 4.13. The zero-order valence-corrected chi connectivity index (χ0v) is 10.6. The van der Waals surface area contributed by atoms with Gasteiger partial charge in [-0.3, -0.25) is 4.79 Å². The van der Waals surface area contributed by atoms with Crippen LogP contribution in [-0.4, -0.2) is 18.6 Å². The van der Waals surface area contributed by atoms with Gasteiger partial charge in [-0.05, 0) is 25.5 Å². The number of nitrogens with two attached hydrogens (primary N) is 1. The Morgan fingerprint density at radius 1 is 1.59 bits per heavy atom. The predicted molar refractivity (Wildman–Crippen MR) is 64.5 cm³/mol. The van der Waals surface area contributed by atoms with Crippen molar-refractivity contribution in [2.45, 2.75) is 26.3 Å². The first-order chi connectivity index (χ1) is 7.97. The van der Waals surface area contributed by atoms with Gasteiger partial charge in [-0.2, -0.15) is 0 Å². The van der Waals surface area contributed by atoms with Gasteiger partial charge >= 0.3 is 5.97 Å². The van der Waals surface area contributed by atoms with Crippen molar-refractivity contribution in [3.8, 4) is 0 Å². The van der Waals surface area contributed by atoms with Gasteiger partial charge in [0.15, 0.2) is 0 Å². The molecule has 0 spiro atoms. The van der Waals surface area contributed by atoms with Crippen molar-refractivity contribution >= 4 is 17.6 Å². The number of ether oxygens (including phenoxy) is 1. The SMILES string of the molecule is CCOC(=O)C(N)Cc1c(Cl)ccc(C)c1F. The van der Waals surface area contributed by atoms with E-state index in [2.05, 4.69) is 0 Å². The molecule has 0 saturated carbocycles. The highest BCUT2D eigenvalue weighted by atomic mass is 35.5. The Bertz CT molecular complexity index is 423. The average molecular weight is 260 g/mol. The standard InChI is InChI=1S/C12H15ClFNO2/c1-3-17-12(16)10(15)6-8-9(13)5-4-7(2)11(8)14/h4-5,10H,3,6,15H2,1-2H3. The van der Waals surface area contributed by atoms with Crippen molar-refractivity contribution in [1.29, 1.82) is 0 Å². The Kier molecular flexibility index (Phi) is 4.90. The van der Waals surface area contributed by atoms with Gasteiger partial charge in [0, 0.05) is 17.0 Å². The first-order valence-electron chi connectivity index (χ1n) is 5.33.